The van der Waals surface area contributed by atoms with Crippen molar-refractivity contribution >= 4 is 11.8 Å². The number of aryl methyl sites for hydroxylation is 1. The van der Waals surface area contributed by atoms with Crippen LogP contribution in [0.1, 0.15) is 61.5 Å². The monoisotopic (exact) mass is 280 g/mol. The van der Waals surface area contributed by atoms with Gasteiger partial charge in [-0.1, -0.05) is 13.8 Å². The van der Waals surface area contributed by atoms with Gasteiger partial charge < -0.3 is 10.6 Å². The summed E-state index contributed by atoms with van der Waals surface area (Å²) in [7, 11) is 1.66. The second-order valence-electron chi connectivity index (χ2n) is 5.10. The van der Waals surface area contributed by atoms with Crippen LogP contribution in [0.25, 0.3) is 0 Å². The fourth-order valence-corrected chi connectivity index (χ4v) is 1.59. The number of aromatic nitrogens is 2. The number of carbonyl (C=O) groups is 2. The molecule has 2 amide bonds. The topological polar surface area (TPSA) is 76.0 Å². The maximum atomic E-state index is 12.0. The lowest BCUT2D eigenvalue weighted by Crippen LogP contribution is -2.33. The van der Waals surface area contributed by atoms with E-state index in [4.69, 9.17) is 0 Å². The summed E-state index contributed by atoms with van der Waals surface area (Å²) < 4.78 is 1.43. The van der Waals surface area contributed by atoms with Gasteiger partial charge in [0.2, 0.25) is 0 Å². The Labute approximate surface area is 119 Å². The maximum Gasteiger partial charge on any atom is 0.272 e. The Morgan fingerprint density at radius 2 is 1.65 bits per heavy atom. The molecule has 0 aliphatic rings. The molecular formula is C14H24N4O2. The van der Waals surface area contributed by atoms with E-state index < -0.39 is 0 Å². The van der Waals surface area contributed by atoms with Crippen LogP contribution in [0.3, 0.4) is 0 Å². The van der Waals surface area contributed by atoms with E-state index in [-0.39, 0.29) is 29.6 Å². The number of rotatable bonds is 6. The van der Waals surface area contributed by atoms with Crippen LogP contribution in [0.5, 0.6) is 0 Å². The first-order valence-electron chi connectivity index (χ1n) is 7.04. The van der Waals surface area contributed by atoms with Crippen molar-refractivity contribution in [3.05, 3.63) is 17.5 Å². The molecule has 2 N–H and O–H groups in total. The third kappa shape index (κ3) is 4.08. The van der Waals surface area contributed by atoms with Gasteiger partial charge in [0.25, 0.3) is 11.8 Å². The second kappa shape index (κ2) is 7.07. The molecule has 6 heteroatoms. The molecule has 0 aliphatic heterocycles. The van der Waals surface area contributed by atoms with Gasteiger partial charge in [0, 0.05) is 25.2 Å². The summed E-state index contributed by atoms with van der Waals surface area (Å²) in [5, 5.41) is 9.79. The summed E-state index contributed by atoms with van der Waals surface area (Å²) in [5.41, 5.74) is 0.654. The Kier molecular flexibility index (Phi) is 5.73. The molecule has 0 aliphatic carbocycles. The number of nitrogens with one attached hydrogen (secondary N) is 2. The van der Waals surface area contributed by atoms with E-state index in [1.807, 2.05) is 27.7 Å². The average Bonchev–Trinajstić information content (AvgIpc) is 2.80. The minimum atomic E-state index is -0.252. The second-order valence-corrected chi connectivity index (χ2v) is 5.10. The lowest BCUT2D eigenvalue weighted by Gasteiger charge is -2.10. The summed E-state index contributed by atoms with van der Waals surface area (Å²) in [6, 6.07) is 1.70. The zero-order valence-corrected chi connectivity index (χ0v) is 12.9. The van der Waals surface area contributed by atoms with Gasteiger partial charge in [-0.25, -0.2) is 0 Å². The molecule has 2 atom stereocenters. The van der Waals surface area contributed by atoms with Gasteiger partial charge >= 0.3 is 0 Å². The van der Waals surface area contributed by atoms with Crippen molar-refractivity contribution in [2.45, 2.75) is 52.6 Å². The van der Waals surface area contributed by atoms with Crippen molar-refractivity contribution in [3.8, 4) is 0 Å². The fourth-order valence-electron chi connectivity index (χ4n) is 1.59. The van der Waals surface area contributed by atoms with Crippen molar-refractivity contribution in [1.29, 1.82) is 0 Å². The smallest absolute Gasteiger partial charge is 0.272 e. The Bertz CT molecular complexity index is 482. The van der Waals surface area contributed by atoms with E-state index >= 15 is 0 Å². The molecule has 0 fully saturated rings. The highest BCUT2D eigenvalue weighted by atomic mass is 16.2. The highest BCUT2D eigenvalue weighted by Gasteiger charge is 2.19. The number of hydrogen-bond acceptors (Lipinski definition) is 3. The van der Waals surface area contributed by atoms with Crippen LogP contribution in [0.15, 0.2) is 6.07 Å². The number of nitrogens with zero attached hydrogens (tertiary/aromatic N) is 2. The Balaban J connectivity index is 2.82. The van der Waals surface area contributed by atoms with Gasteiger partial charge in [0.15, 0.2) is 5.69 Å². The van der Waals surface area contributed by atoms with E-state index in [1.165, 1.54) is 10.7 Å². The molecule has 0 saturated heterocycles. The maximum absolute atomic E-state index is 12.0. The highest BCUT2D eigenvalue weighted by Crippen LogP contribution is 2.05. The summed E-state index contributed by atoms with van der Waals surface area (Å²) in [4.78, 5) is 24.0. The molecule has 1 aromatic rings. The summed E-state index contributed by atoms with van der Waals surface area (Å²) in [6.45, 7) is 7.86. The third-order valence-electron chi connectivity index (χ3n) is 3.32. The molecule has 6 nitrogen and oxygen atoms in total. The average molecular weight is 280 g/mol. The number of amides is 2. The first-order valence-corrected chi connectivity index (χ1v) is 7.04. The van der Waals surface area contributed by atoms with Crippen LogP contribution >= 0.6 is 0 Å². The number of carbonyl (C=O) groups excluding carboxylic acids is 2. The minimum Gasteiger partial charge on any atom is -0.348 e. The molecule has 20 heavy (non-hydrogen) atoms. The van der Waals surface area contributed by atoms with Gasteiger partial charge in [-0.3, -0.25) is 14.3 Å². The van der Waals surface area contributed by atoms with Gasteiger partial charge in [0.05, 0.1) is 0 Å². The lowest BCUT2D eigenvalue weighted by molar-refractivity contribution is 0.0923. The molecule has 2 unspecified atom stereocenters. The van der Waals surface area contributed by atoms with Crippen LogP contribution in [-0.4, -0.2) is 33.7 Å². The van der Waals surface area contributed by atoms with Crippen molar-refractivity contribution < 1.29 is 9.59 Å². The first-order chi connectivity index (χ1) is 9.38. The van der Waals surface area contributed by atoms with Crippen LogP contribution in [-0.2, 0) is 7.05 Å². The molecule has 112 valence electrons. The first kappa shape index (κ1) is 16.2. The summed E-state index contributed by atoms with van der Waals surface area (Å²) in [5.74, 6) is -0.463. The van der Waals surface area contributed by atoms with E-state index in [0.717, 1.165) is 12.8 Å². The van der Waals surface area contributed by atoms with Gasteiger partial charge in [-0.15, -0.1) is 0 Å². The quantitative estimate of drug-likeness (QED) is 0.828. The van der Waals surface area contributed by atoms with E-state index in [0.29, 0.717) is 5.69 Å². The fraction of sp³-hybridized carbons (Fsp3) is 0.643. The van der Waals surface area contributed by atoms with Crippen molar-refractivity contribution in [1.82, 2.24) is 20.4 Å². The summed E-state index contributed by atoms with van der Waals surface area (Å²) in [6.07, 6.45) is 1.70. The Morgan fingerprint density at radius 1 is 1.15 bits per heavy atom. The molecule has 0 radical (unpaired) electrons. The van der Waals surface area contributed by atoms with E-state index in [2.05, 4.69) is 15.7 Å². The zero-order valence-electron chi connectivity index (χ0n) is 12.9. The van der Waals surface area contributed by atoms with Gasteiger partial charge in [-0.2, -0.15) is 5.10 Å². The van der Waals surface area contributed by atoms with Crippen LogP contribution in [0.4, 0.5) is 0 Å². The third-order valence-corrected chi connectivity index (χ3v) is 3.32. The van der Waals surface area contributed by atoms with E-state index in [9.17, 15) is 9.59 Å². The molecule has 0 spiro atoms. The van der Waals surface area contributed by atoms with Crippen molar-refractivity contribution in [2.75, 3.05) is 0 Å². The molecule has 0 aromatic carbocycles. The lowest BCUT2D eigenvalue weighted by atomic mass is 10.2. The molecule has 0 saturated carbocycles. The molecular weight excluding hydrogens is 256 g/mol. The van der Waals surface area contributed by atoms with Crippen molar-refractivity contribution in [3.63, 3.8) is 0 Å². The Morgan fingerprint density at radius 3 is 2.15 bits per heavy atom. The van der Waals surface area contributed by atoms with Crippen LogP contribution < -0.4 is 10.6 Å². The van der Waals surface area contributed by atoms with E-state index in [1.54, 1.807) is 7.05 Å². The SMILES string of the molecule is CCC(C)NC(=O)c1cc(C(=O)NC(C)CC)n(C)n1. The molecule has 1 aromatic heterocycles. The zero-order chi connectivity index (χ0) is 15.3. The molecule has 1 heterocycles. The van der Waals surface area contributed by atoms with Gasteiger partial charge in [0.1, 0.15) is 5.69 Å². The summed E-state index contributed by atoms with van der Waals surface area (Å²) >= 11 is 0. The highest BCUT2D eigenvalue weighted by molar-refractivity contribution is 5.98. The standard InChI is InChI=1S/C14H24N4O2/c1-6-9(3)15-13(19)11-8-12(18(5)17-11)14(20)16-10(4)7-2/h8-10H,6-7H2,1-5H3,(H,15,19)(H,16,20). The molecule has 1 rings (SSSR count). The van der Waals surface area contributed by atoms with Crippen molar-refractivity contribution in [2.24, 2.45) is 7.05 Å². The molecule has 0 bridgehead atoms. The predicted molar refractivity (Wildman–Crippen MR) is 77.6 cm³/mol. The van der Waals surface area contributed by atoms with Crippen LogP contribution in [0, 0.1) is 0 Å². The Hall–Kier alpha value is -1.85. The van der Waals surface area contributed by atoms with Crippen LogP contribution in [0.2, 0.25) is 0 Å². The number of hydrogen-bond donors (Lipinski definition) is 2. The van der Waals surface area contributed by atoms with Gasteiger partial charge in [-0.05, 0) is 26.7 Å². The minimum absolute atomic E-state index is 0.0851. The largest absolute Gasteiger partial charge is 0.348 e. The normalized spacial score (nSPS) is 13.7. The predicted octanol–water partition coefficient (Wildman–Crippen LogP) is 1.48.